The van der Waals surface area contributed by atoms with Crippen molar-refractivity contribution >= 4 is 29.5 Å². The highest BCUT2D eigenvalue weighted by molar-refractivity contribution is 6.00. The molecule has 1 aliphatic rings. The van der Waals surface area contributed by atoms with Crippen LogP contribution in [0.2, 0.25) is 0 Å². The number of amides is 1. The zero-order valence-electron chi connectivity index (χ0n) is 17.8. The number of anilines is 3. The fraction of sp³-hybridized carbons (Fsp3) is 0.273. The Morgan fingerprint density at radius 2 is 1.59 bits per heavy atom. The minimum Gasteiger partial charge on any atom is -0.490 e. The Bertz CT molecular complexity index is 1110. The fourth-order valence-corrected chi connectivity index (χ4v) is 3.24. The van der Waals surface area contributed by atoms with Crippen molar-refractivity contribution in [3.05, 3.63) is 60.0 Å². The maximum absolute atomic E-state index is 13.3. The Balaban J connectivity index is 0.000000751. The monoisotopic (exact) mass is 476 g/mol. The first-order chi connectivity index (χ1) is 16.3. The molecule has 0 unspecified atom stereocenters. The van der Waals surface area contributed by atoms with Crippen LogP contribution in [0.4, 0.5) is 31.0 Å². The fourth-order valence-electron chi connectivity index (χ4n) is 3.24. The van der Waals surface area contributed by atoms with Crippen molar-refractivity contribution in [2.45, 2.75) is 38.2 Å². The molecule has 0 saturated heterocycles. The summed E-state index contributed by atoms with van der Waals surface area (Å²) in [5, 5.41) is 26.6. The van der Waals surface area contributed by atoms with Gasteiger partial charge in [-0.3, -0.25) is 4.79 Å². The summed E-state index contributed by atoms with van der Waals surface area (Å²) in [5.74, 6) is -2.10. The smallest absolute Gasteiger partial charge is 0.490 e. The molecule has 0 atom stereocenters. The van der Waals surface area contributed by atoms with Crippen molar-refractivity contribution in [3.63, 3.8) is 0 Å². The molecule has 10 nitrogen and oxygen atoms in total. The van der Waals surface area contributed by atoms with E-state index < -0.39 is 23.7 Å². The molecule has 1 fully saturated rings. The topological polar surface area (TPSA) is 147 Å². The number of nitrogens with zero attached hydrogens (tertiary/aromatic N) is 2. The van der Waals surface area contributed by atoms with Gasteiger partial charge in [0.05, 0.1) is 6.10 Å². The quantitative estimate of drug-likeness (QED) is 0.373. The van der Waals surface area contributed by atoms with Crippen molar-refractivity contribution in [2.24, 2.45) is 0 Å². The van der Waals surface area contributed by atoms with E-state index >= 15 is 0 Å². The summed E-state index contributed by atoms with van der Waals surface area (Å²) in [7, 11) is 0. The van der Waals surface area contributed by atoms with Crippen molar-refractivity contribution in [1.29, 1.82) is 0 Å². The minimum atomic E-state index is -1.83. The van der Waals surface area contributed by atoms with Gasteiger partial charge < -0.3 is 30.0 Å². The second-order valence-electron chi connectivity index (χ2n) is 7.31. The van der Waals surface area contributed by atoms with Crippen molar-refractivity contribution in [2.75, 3.05) is 10.6 Å². The highest BCUT2D eigenvalue weighted by atomic mass is 19.2. The number of rotatable bonds is 6. The third-order valence-electron chi connectivity index (χ3n) is 4.76. The largest absolute Gasteiger partial charge is 0.503 e. The predicted molar refractivity (Wildman–Crippen MR) is 116 cm³/mol. The minimum absolute atomic E-state index is 0.123. The van der Waals surface area contributed by atoms with E-state index in [1.807, 2.05) is 0 Å². The maximum atomic E-state index is 13.3. The number of hydrogen-bond acceptors (Lipinski definition) is 7. The van der Waals surface area contributed by atoms with Gasteiger partial charge in [-0.15, -0.1) is 5.10 Å². The van der Waals surface area contributed by atoms with Crippen LogP contribution in [0, 0.1) is 11.6 Å². The van der Waals surface area contributed by atoms with Crippen LogP contribution in [0.25, 0.3) is 0 Å². The number of carboxylic acid groups (broad SMARTS) is 2. The van der Waals surface area contributed by atoms with E-state index in [4.69, 9.17) is 24.2 Å². The third kappa shape index (κ3) is 7.43. The van der Waals surface area contributed by atoms with E-state index in [9.17, 15) is 13.6 Å². The molecular weight excluding hydrogens is 454 g/mol. The van der Waals surface area contributed by atoms with Crippen LogP contribution in [-0.2, 0) is 0 Å². The Labute approximate surface area is 192 Å². The van der Waals surface area contributed by atoms with Gasteiger partial charge in [-0.1, -0.05) is 11.5 Å². The highest BCUT2D eigenvalue weighted by Gasteiger charge is 2.17. The summed E-state index contributed by atoms with van der Waals surface area (Å²) < 4.78 is 37.4. The Morgan fingerprint density at radius 1 is 0.941 bits per heavy atom. The zero-order chi connectivity index (χ0) is 24.5. The Morgan fingerprint density at radius 3 is 2.24 bits per heavy atom. The number of aromatic nitrogens is 2. The van der Waals surface area contributed by atoms with Gasteiger partial charge in [0.2, 0.25) is 0 Å². The second kappa shape index (κ2) is 11.6. The lowest BCUT2D eigenvalue weighted by atomic mass is 9.98. The first-order valence-electron chi connectivity index (χ1n) is 10.4. The summed E-state index contributed by atoms with van der Waals surface area (Å²) in [6.45, 7) is 0. The molecule has 1 saturated carbocycles. The lowest BCUT2D eigenvalue weighted by Crippen LogP contribution is -2.19. The normalized spacial score (nSPS) is 13.4. The van der Waals surface area contributed by atoms with Crippen molar-refractivity contribution < 1.29 is 37.7 Å². The molecule has 4 rings (SSSR count). The van der Waals surface area contributed by atoms with Crippen LogP contribution >= 0.6 is 0 Å². The zero-order valence-corrected chi connectivity index (χ0v) is 17.8. The molecule has 0 aliphatic heterocycles. The van der Waals surface area contributed by atoms with Gasteiger partial charge >= 0.3 is 24.0 Å². The van der Waals surface area contributed by atoms with E-state index in [0.717, 1.165) is 30.7 Å². The molecule has 0 bridgehead atoms. The SMILES string of the molecule is O=C(Nc1ccc(OC2CCCCC2)cc1)c1nnc(Nc2ccc(F)c(F)c2)o1.O=C(O)O. The third-order valence-corrected chi connectivity index (χ3v) is 4.76. The first-order valence-corrected chi connectivity index (χ1v) is 10.4. The van der Waals surface area contributed by atoms with E-state index in [1.54, 1.807) is 24.3 Å². The average molecular weight is 476 g/mol. The van der Waals surface area contributed by atoms with Gasteiger partial charge in [-0.25, -0.2) is 13.6 Å². The molecule has 3 aromatic rings. The second-order valence-corrected chi connectivity index (χ2v) is 7.31. The maximum Gasteiger partial charge on any atom is 0.503 e. The molecule has 2 aromatic carbocycles. The molecule has 0 radical (unpaired) electrons. The molecule has 4 N–H and O–H groups in total. The van der Waals surface area contributed by atoms with Crippen molar-refractivity contribution in [1.82, 2.24) is 10.2 Å². The van der Waals surface area contributed by atoms with Crippen LogP contribution < -0.4 is 15.4 Å². The number of ether oxygens (including phenoxy) is 1. The summed E-state index contributed by atoms with van der Waals surface area (Å²) >= 11 is 0. The van der Waals surface area contributed by atoms with Gasteiger partial charge in [0.25, 0.3) is 0 Å². The number of carbonyl (C=O) groups is 2. The van der Waals surface area contributed by atoms with Crippen LogP contribution in [0.5, 0.6) is 5.75 Å². The van der Waals surface area contributed by atoms with Crippen LogP contribution in [0.3, 0.4) is 0 Å². The Kier molecular flexibility index (Phi) is 8.32. The van der Waals surface area contributed by atoms with Crippen LogP contribution in [-0.4, -0.2) is 38.6 Å². The molecule has 180 valence electrons. The molecule has 0 spiro atoms. The number of carbonyl (C=O) groups excluding carboxylic acids is 1. The van der Waals surface area contributed by atoms with E-state index in [1.165, 1.54) is 25.3 Å². The summed E-state index contributed by atoms with van der Waals surface area (Å²) in [6.07, 6.45) is 4.19. The summed E-state index contributed by atoms with van der Waals surface area (Å²) in [5.41, 5.74) is 0.752. The molecule has 1 heterocycles. The van der Waals surface area contributed by atoms with Crippen LogP contribution in [0.1, 0.15) is 42.8 Å². The van der Waals surface area contributed by atoms with Gasteiger partial charge in [0.15, 0.2) is 11.6 Å². The predicted octanol–water partition coefficient (Wildman–Crippen LogP) is 5.28. The Hall–Kier alpha value is -4.22. The van der Waals surface area contributed by atoms with E-state index in [0.29, 0.717) is 5.69 Å². The molecule has 12 heteroatoms. The molecule has 1 aromatic heterocycles. The summed E-state index contributed by atoms with van der Waals surface area (Å²) in [6, 6.07) is 10.1. The number of benzene rings is 2. The molecule has 1 amide bonds. The van der Waals surface area contributed by atoms with Gasteiger partial charge in [-0.2, -0.15) is 0 Å². The number of hydrogen-bond donors (Lipinski definition) is 4. The number of nitrogens with one attached hydrogen (secondary N) is 2. The van der Waals surface area contributed by atoms with Gasteiger partial charge in [0.1, 0.15) is 5.75 Å². The number of halogens is 2. The van der Waals surface area contributed by atoms with Gasteiger partial charge in [-0.05, 0) is 62.1 Å². The van der Waals surface area contributed by atoms with Gasteiger partial charge in [0, 0.05) is 17.4 Å². The lowest BCUT2D eigenvalue weighted by Gasteiger charge is -2.23. The summed E-state index contributed by atoms with van der Waals surface area (Å²) in [4.78, 5) is 20.9. The highest BCUT2D eigenvalue weighted by Crippen LogP contribution is 2.25. The molecular formula is C22H22F2N4O6. The van der Waals surface area contributed by atoms with Crippen molar-refractivity contribution in [3.8, 4) is 5.75 Å². The van der Waals surface area contributed by atoms with Crippen LogP contribution in [0.15, 0.2) is 46.9 Å². The average Bonchev–Trinajstić information content (AvgIpc) is 3.27. The molecule has 34 heavy (non-hydrogen) atoms. The van der Waals surface area contributed by atoms with E-state index in [2.05, 4.69) is 20.8 Å². The standard InChI is InChI=1S/C21H20F2N4O3.CH2O3/c22-17-11-8-14(12-18(17)23)25-21-27-26-20(30-21)19(28)24-13-6-9-16(10-7-13)29-15-4-2-1-3-5-15;2-1(3)4/h6-12,15H,1-5H2,(H,24,28)(H,25,27);(H2,2,3,4). The molecule has 1 aliphatic carbocycles. The lowest BCUT2D eigenvalue weighted by molar-refractivity contribution is 0.0990. The van der Waals surface area contributed by atoms with E-state index in [-0.39, 0.29) is 23.7 Å². The first kappa shape index (κ1) is 24.4.